The van der Waals surface area contributed by atoms with Crippen LogP contribution in [-0.2, 0) is 15.3 Å². The highest BCUT2D eigenvalue weighted by Crippen LogP contribution is 2.65. The molecule has 0 saturated heterocycles. The van der Waals surface area contributed by atoms with Gasteiger partial charge in [-0.25, -0.2) is 18.4 Å². The van der Waals surface area contributed by atoms with E-state index in [1.54, 1.807) is 6.07 Å². The van der Waals surface area contributed by atoms with Crippen molar-refractivity contribution in [3.05, 3.63) is 211 Å². The molecule has 13 rings (SSSR count). The van der Waals surface area contributed by atoms with Gasteiger partial charge in [0.2, 0.25) is 9.84 Å². The summed E-state index contributed by atoms with van der Waals surface area (Å²) in [6.45, 7) is 0. The number of nitrogens with zero attached hydrogens (tertiary/aromatic N) is 3. The highest BCUT2D eigenvalue weighted by Gasteiger charge is 2.52. The summed E-state index contributed by atoms with van der Waals surface area (Å²) in [7, 11) is -3.71. The molecule has 0 fully saturated rings. The summed E-state index contributed by atoms with van der Waals surface area (Å²) in [4.78, 5) is 10.3. The van der Waals surface area contributed by atoms with E-state index >= 15 is 0 Å². The number of pyridine rings is 2. The first-order valence-electron chi connectivity index (χ1n) is 19.8. The van der Waals surface area contributed by atoms with E-state index in [-0.39, 0.29) is 0 Å². The average Bonchev–Trinajstić information content (AvgIpc) is 3.84. The van der Waals surface area contributed by atoms with Crippen LogP contribution in [0.4, 0.5) is 0 Å². The second-order valence-electron chi connectivity index (χ2n) is 15.6. The summed E-state index contributed by atoms with van der Waals surface area (Å²) in [5.74, 6) is 0.823. The minimum Gasteiger partial charge on any atom is -0.278 e. The smallest absolute Gasteiger partial charge is 0.207 e. The first-order chi connectivity index (χ1) is 29.0. The van der Waals surface area contributed by atoms with Gasteiger partial charge in [0.25, 0.3) is 0 Å². The summed E-state index contributed by atoms with van der Waals surface area (Å²) in [6, 6.07) is 61.3. The zero-order valence-electron chi connectivity index (χ0n) is 31.5. The van der Waals surface area contributed by atoms with Gasteiger partial charge in [0.15, 0.2) is 0 Å². The number of fused-ring (bicyclic) bond motifs is 19. The maximum atomic E-state index is 14.2. The van der Waals surface area contributed by atoms with Gasteiger partial charge < -0.3 is 0 Å². The lowest BCUT2D eigenvalue weighted by Gasteiger charge is -2.35. The van der Waals surface area contributed by atoms with E-state index in [2.05, 4.69) is 126 Å². The van der Waals surface area contributed by atoms with Gasteiger partial charge in [0.05, 0.1) is 20.7 Å². The number of sulfone groups is 1. The van der Waals surface area contributed by atoms with Gasteiger partial charge in [-0.1, -0.05) is 121 Å². The van der Waals surface area contributed by atoms with Crippen molar-refractivity contribution in [1.29, 1.82) is 0 Å². The Morgan fingerprint density at radius 3 is 1.86 bits per heavy atom. The minimum atomic E-state index is -3.71. The number of hydrogen-bond donors (Lipinski definition) is 0. The molecule has 4 heterocycles. The molecule has 0 bridgehead atoms. The van der Waals surface area contributed by atoms with Gasteiger partial charge in [-0.3, -0.25) is 4.57 Å². The number of benzene rings is 7. The molecule has 276 valence electrons. The fraction of sp³-hybridized carbons (Fsp3) is 0.0189. The van der Waals surface area contributed by atoms with Gasteiger partial charge in [-0.15, -0.1) is 0 Å². The van der Waals surface area contributed by atoms with Crippen LogP contribution in [0.25, 0.3) is 83.4 Å². The molecule has 1 unspecified atom stereocenters. The van der Waals surface area contributed by atoms with E-state index in [9.17, 15) is 8.42 Å². The Bertz CT molecular complexity index is 3590. The molecule has 59 heavy (non-hydrogen) atoms. The van der Waals surface area contributed by atoms with Crippen molar-refractivity contribution < 1.29 is 8.42 Å². The first kappa shape index (κ1) is 32.7. The van der Waals surface area contributed by atoms with Crippen molar-refractivity contribution in [3.8, 4) is 61.5 Å². The highest BCUT2D eigenvalue weighted by molar-refractivity contribution is 7.92. The van der Waals surface area contributed by atoms with Crippen LogP contribution < -0.4 is 0 Å². The van der Waals surface area contributed by atoms with Crippen LogP contribution in [0.2, 0.25) is 0 Å². The third kappa shape index (κ3) is 4.10. The van der Waals surface area contributed by atoms with Crippen LogP contribution in [-0.4, -0.2) is 23.0 Å². The molecule has 3 aromatic heterocycles. The maximum Gasteiger partial charge on any atom is 0.207 e. The highest BCUT2D eigenvalue weighted by atomic mass is 32.2. The van der Waals surface area contributed by atoms with E-state index in [1.807, 2.05) is 60.9 Å². The molecule has 1 aliphatic heterocycles. The molecule has 10 aromatic rings. The Hall–Kier alpha value is -7.41. The van der Waals surface area contributed by atoms with Gasteiger partial charge >= 0.3 is 0 Å². The van der Waals surface area contributed by atoms with Crippen molar-refractivity contribution in [2.45, 2.75) is 15.2 Å². The monoisotopic (exact) mass is 773 g/mol. The van der Waals surface area contributed by atoms with E-state index < -0.39 is 15.3 Å². The summed E-state index contributed by atoms with van der Waals surface area (Å²) in [5.41, 5.74) is 16.1. The Morgan fingerprint density at radius 2 is 1.07 bits per heavy atom. The molecule has 3 aliphatic rings. The quantitative estimate of drug-likeness (QED) is 0.175. The second-order valence-corrected chi connectivity index (χ2v) is 17.5. The molecule has 1 spiro atoms. The topological polar surface area (TPSA) is 64.8 Å². The fourth-order valence-corrected chi connectivity index (χ4v) is 12.3. The van der Waals surface area contributed by atoms with E-state index in [4.69, 9.17) is 9.97 Å². The second kappa shape index (κ2) is 11.6. The van der Waals surface area contributed by atoms with E-state index in [0.717, 1.165) is 89.0 Å². The predicted octanol–water partition coefficient (Wildman–Crippen LogP) is 12.1. The molecule has 5 nitrogen and oxygen atoms in total. The Morgan fingerprint density at radius 1 is 0.424 bits per heavy atom. The first-order valence-corrected chi connectivity index (χ1v) is 21.3. The van der Waals surface area contributed by atoms with Crippen molar-refractivity contribution in [2.24, 2.45) is 0 Å². The van der Waals surface area contributed by atoms with Gasteiger partial charge in [0.1, 0.15) is 11.5 Å². The summed E-state index contributed by atoms with van der Waals surface area (Å²) in [6.07, 6.45) is 3.65. The molecule has 2 aliphatic carbocycles. The Labute approximate surface area is 340 Å². The van der Waals surface area contributed by atoms with Gasteiger partial charge in [-0.05, 0) is 121 Å². The van der Waals surface area contributed by atoms with Crippen LogP contribution >= 0.6 is 0 Å². The van der Waals surface area contributed by atoms with Crippen LogP contribution in [0.3, 0.4) is 0 Å². The molecular formula is C53H31N3O2S. The molecule has 6 heteroatoms. The standard InChI is InChI=1S/C53H31N3O2S/c57-59(58)47-20-8-5-16-40(47)51-48(59)27-25-44-50(51)39-15-4-7-19-43(39)53(44)42-18-6-3-14-36(42)34-12-1-2-13-35(34)37-24-22-33(31-45(37)53)32-23-26-46-41(30-32)38-17-11-29-55-52(38)56(46)49-21-9-10-28-54-49/h1-31H. The summed E-state index contributed by atoms with van der Waals surface area (Å²) < 4.78 is 30.5. The molecule has 1 atom stereocenters. The van der Waals surface area contributed by atoms with Crippen LogP contribution in [0.1, 0.15) is 22.3 Å². The number of rotatable bonds is 2. The predicted molar refractivity (Wildman–Crippen MR) is 234 cm³/mol. The van der Waals surface area contributed by atoms with Crippen LogP contribution in [0.15, 0.2) is 198 Å². The summed E-state index contributed by atoms with van der Waals surface area (Å²) in [5, 5.41) is 2.16. The SMILES string of the molecule is O=S1(=O)c2ccccc2-c2c1ccc1c2-c2ccccc2C12c1ccccc1-c1ccccc1-c1ccc(-c3ccc4c(c3)c3cccnc3n4-c3ccccn3)cc12. The van der Waals surface area contributed by atoms with Gasteiger partial charge in [0, 0.05) is 34.3 Å². The Kier molecular flexibility index (Phi) is 6.42. The molecule has 7 aromatic carbocycles. The van der Waals surface area contributed by atoms with Crippen molar-refractivity contribution in [1.82, 2.24) is 14.5 Å². The van der Waals surface area contributed by atoms with E-state index in [1.165, 1.54) is 16.7 Å². The van der Waals surface area contributed by atoms with Crippen molar-refractivity contribution in [2.75, 3.05) is 0 Å². The van der Waals surface area contributed by atoms with Crippen LogP contribution in [0.5, 0.6) is 0 Å². The third-order valence-corrected chi connectivity index (χ3v) is 14.8. The minimum absolute atomic E-state index is 0.369. The molecular weight excluding hydrogens is 743 g/mol. The molecule has 0 N–H and O–H groups in total. The lowest BCUT2D eigenvalue weighted by molar-refractivity contribution is 0.598. The molecule has 0 amide bonds. The maximum absolute atomic E-state index is 14.2. The van der Waals surface area contributed by atoms with Gasteiger partial charge in [-0.2, -0.15) is 0 Å². The zero-order valence-corrected chi connectivity index (χ0v) is 32.3. The lowest BCUT2D eigenvalue weighted by atomic mass is 9.65. The van der Waals surface area contributed by atoms with Crippen molar-refractivity contribution in [3.63, 3.8) is 0 Å². The van der Waals surface area contributed by atoms with E-state index in [0.29, 0.717) is 9.79 Å². The van der Waals surface area contributed by atoms with Crippen LogP contribution in [0, 0.1) is 0 Å². The lowest BCUT2D eigenvalue weighted by Crippen LogP contribution is -2.29. The fourth-order valence-electron chi connectivity index (χ4n) is 10.6. The third-order valence-electron chi connectivity index (χ3n) is 12.9. The largest absolute Gasteiger partial charge is 0.278 e. The number of aromatic nitrogens is 3. The molecule has 0 saturated carbocycles. The zero-order chi connectivity index (χ0) is 39.0. The Balaban J connectivity index is 1.15. The summed E-state index contributed by atoms with van der Waals surface area (Å²) >= 11 is 0. The normalized spacial score (nSPS) is 16.1. The molecule has 0 radical (unpaired) electrons. The number of hydrogen-bond acceptors (Lipinski definition) is 4. The van der Waals surface area contributed by atoms with Crippen molar-refractivity contribution >= 4 is 31.8 Å². The average molecular weight is 774 g/mol.